The Hall–Kier alpha value is -2.22. The predicted octanol–water partition coefficient (Wildman–Crippen LogP) is 5.53. The van der Waals surface area contributed by atoms with E-state index < -0.39 is 48.1 Å². The smallest absolute Gasteiger partial charge is 0.414 e. The van der Waals surface area contributed by atoms with Gasteiger partial charge in [-0.1, -0.05) is 27.7 Å². The molecule has 222 valence electrons. The van der Waals surface area contributed by atoms with E-state index in [2.05, 4.69) is 40.8 Å². The van der Waals surface area contributed by atoms with Crippen LogP contribution in [-0.4, -0.2) is 73.2 Å². The highest BCUT2D eigenvalue weighted by molar-refractivity contribution is 7.85. The first-order valence-electron chi connectivity index (χ1n) is 12.9. The van der Waals surface area contributed by atoms with Gasteiger partial charge in [0.15, 0.2) is 8.32 Å². The quantitative estimate of drug-likeness (QED) is 0.244. The highest BCUT2D eigenvalue weighted by atomic mass is 32.2. The van der Waals surface area contributed by atoms with E-state index >= 15 is 4.39 Å². The Kier molecular flexibility index (Phi) is 10.2. The number of carbonyl (C=O) groups excluding carboxylic acids is 2. The van der Waals surface area contributed by atoms with Gasteiger partial charge in [-0.25, -0.2) is 14.0 Å². The summed E-state index contributed by atoms with van der Waals surface area (Å²) in [5.41, 5.74) is -0.637. The first kappa shape index (κ1) is 33.0. The molecule has 0 saturated carbocycles. The number of halogens is 1. The van der Waals surface area contributed by atoms with Crippen LogP contribution < -0.4 is 9.80 Å². The third kappa shape index (κ3) is 8.89. The molecule has 1 fully saturated rings. The summed E-state index contributed by atoms with van der Waals surface area (Å²) in [4.78, 5) is 27.8. The molecule has 2 amide bonds. The van der Waals surface area contributed by atoms with Crippen molar-refractivity contribution >= 4 is 42.0 Å². The maximum absolute atomic E-state index is 15.5. The summed E-state index contributed by atoms with van der Waals surface area (Å²) in [5.74, 6) is -0.359. The summed E-state index contributed by atoms with van der Waals surface area (Å²) in [6, 6.07) is 4.00. The van der Waals surface area contributed by atoms with E-state index in [0.717, 1.165) is 12.3 Å². The van der Waals surface area contributed by atoms with Crippen LogP contribution in [0.15, 0.2) is 18.2 Å². The molecular formula is C26H43FN2O8SSi. The number of carbonyl (C=O) groups is 2. The molecule has 1 heterocycles. The lowest BCUT2D eigenvalue weighted by Crippen LogP contribution is -2.47. The van der Waals surface area contributed by atoms with E-state index in [9.17, 15) is 18.0 Å². The fourth-order valence-electron chi connectivity index (χ4n) is 3.80. The van der Waals surface area contributed by atoms with Crippen molar-refractivity contribution in [1.82, 2.24) is 0 Å². The molecule has 2 rings (SSSR count). The maximum Gasteiger partial charge on any atom is 0.414 e. The van der Waals surface area contributed by atoms with Crippen molar-refractivity contribution in [1.29, 1.82) is 0 Å². The van der Waals surface area contributed by atoms with Gasteiger partial charge in [0.2, 0.25) is 0 Å². The van der Waals surface area contributed by atoms with Gasteiger partial charge in [0.1, 0.15) is 24.1 Å². The molecule has 0 unspecified atom stereocenters. The second-order valence-electron chi connectivity index (χ2n) is 12.1. The average molecular weight is 591 g/mol. The minimum atomic E-state index is -3.71. The number of amides is 2. The van der Waals surface area contributed by atoms with E-state index in [0.29, 0.717) is 5.92 Å². The van der Waals surface area contributed by atoms with Gasteiger partial charge in [0.05, 0.1) is 37.3 Å². The Labute approximate surface area is 233 Å². The molecule has 1 aliphatic rings. The number of rotatable bonds is 11. The zero-order valence-electron chi connectivity index (χ0n) is 24.7. The largest absolute Gasteiger partial charge is 0.443 e. The van der Waals surface area contributed by atoms with Crippen LogP contribution in [0.5, 0.6) is 0 Å². The molecule has 13 heteroatoms. The molecule has 39 heavy (non-hydrogen) atoms. The third-order valence-electron chi connectivity index (χ3n) is 7.26. The minimum Gasteiger partial charge on any atom is -0.443 e. The van der Waals surface area contributed by atoms with Crippen LogP contribution in [0, 0.1) is 11.7 Å². The topological polar surface area (TPSA) is 112 Å². The normalized spacial score (nSPS) is 17.0. The summed E-state index contributed by atoms with van der Waals surface area (Å²) in [7, 11) is -5.91. The van der Waals surface area contributed by atoms with E-state index in [1.807, 2.05) is 0 Å². The zero-order valence-corrected chi connectivity index (χ0v) is 26.5. The summed E-state index contributed by atoms with van der Waals surface area (Å²) >= 11 is 0. The van der Waals surface area contributed by atoms with E-state index in [1.165, 1.54) is 21.9 Å². The lowest BCUT2D eigenvalue weighted by molar-refractivity contribution is 0.0572. The number of ether oxygens (including phenoxy) is 2. The second-order valence-corrected chi connectivity index (χ2v) is 18.3. The Morgan fingerprint density at radius 3 is 2.36 bits per heavy atom. The molecule has 0 aliphatic carbocycles. The van der Waals surface area contributed by atoms with Crippen LogP contribution in [0.2, 0.25) is 18.1 Å². The molecule has 1 aliphatic heterocycles. The van der Waals surface area contributed by atoms with Crippen molar-refractivity contribution in [3.8, 4) is 0 Å². The summed E-state index contributed by atoms with van der Waals surface area (Å²) in [6.45, 7) is 18.0. The monoisotopic (exact) mass is 590 g/mol. The lowest BCUT2D eigenvalue weighted by Gasteiger charge is -2.42. The van der Waals surface area contributed by atoms with Crippen LogP contribution in [0.4, 0.5) is 25.4 Å². The molecule has 0 N–H and O–H groups in total. The summed E-state index contributed by atoms with van der Waals surface area (Å²) in [6.07, 6.45) is -1.43. The second kappa shape index (κ2) is 12.1. The number of nitrogens with zero attached hydrogens (tertiary/aromatic N) is 2. The lowest BCUT2D eigenvalue weighted by atomic mass is 9.99. The third-order valence-corrected chi connectivity index (χ3v) is 12.4. The highest BCUT2D eigenvalue weighted by Crippen LogP contribution is 2.44. The van der Waals surface area contributed by atoms with Crippen molar-refractivity contribution in [3.63, 3.8) is 0 Å². The van der Waals surface area contributed by atoms with Gasteiger partial charge in [-0.05, 0) is 63.0 Å². The fraction of sp³-hybridized carbons (Fsp3) is 0.692. The Morgan fingerprint density at radius 1 is 1.23 bits per heavy atom. The number of hydrogen-bond acceptors (Lipinski definition) is 8. The first-order chi connectivity index (χ1) is 17.6. The number of cyclic esters (lactones) is 1. The van der Waals surface area contributed by atoms with Crippen molar-refractivity contribution in [2.75, 3.05) is 42.4 Å². The first-order valence-corrected chi connectivity index (χ1v) is 17.6. The Morgan fingerprint density at radius 2 is 1.85 bits per heavy atom. The fourth-order valence-corrected chi connectivity index (χ4v) is 6.56. The van der Waals surface area contributed by atoms with Crippen molar-refractivity contribution in [3.05, 3.63) is 24.0 Å². The Balaban J connectivity index is 2.25. The molecule has 0 bridgehead atoms. The van der Waals surface area contributed by atoms with Crippen molar-refractivity contribution < 1.29 is 40.5 Å². The van der Waals surface area contributed by atoms with Gasteiger partial charge in [0.25, 0.3) is 10.1 Å². The van der Waals surface area contributed by atoms with E-state index in [4.69, 9.17) is 18.1 Å². The summed E-state index contributed by atoms with van der Waals surface area (Å²) < 4.78 is 59.7. The molecule has 0 radical (unpaired) electrons. The van der Waals surface area contributed by atoms with Gasteiger partial charge in [-0.15, -0.1) is 0 Å². The van der Waals surface area contributed by atoms with Gasteiger partial charge in [0, 0.05) is 0 Å². The SMILES string of the molecule is CC(C)C(C)(C)[Si](C)(C)OCCN(C(=O)OC(C)(C)C)c1ccc(N2C[C@H](COS(C)(=O)=O)OC2=O)cc1F. The van der Waals surface area contributed by atoms with Crippen LogP contribution >= 0.6 is 0 Å². The number of anilines is 2. The molecule has 1 aromatic carbocycles. The van der Waals surface area contributed by atoms with Crippen LogP contribution in [0.3, 0.4) is 0 Å². The van der Waals surface area contributed by atoms with Crippen LogP contribution in [0.1, 0.15) is 48.5 Å². The maximum atomic E-state index is 15.5. The summed E-state index contributed by atoms with van der Waals surface area (Å²) in [5, 5.41) is -0.0365. The molecule has 0 aromatic heterocycles. The van der Waals surface area contributed by atoms with Gasteiger partial charge >= 0.3 is 12.2 Å². The molecule has 10 nitrogen and oxygen atoms in total. The van der Waals surface area contributed by atoms with Gasteiger partial charge in [-0.2, -0.15) is 8.42 Å². The standard InChI is InChI=1S/C26H43FN2O8SSi/c1-18(2)26(6,7)39(9,10)35-14-13-28(24(31)37-25(3,4)5)22-12-11-19(15-21(22)27)29-16-20(36-23(29)30)17-34-38(8,32)33/h11-12,15,18,20H,13-14,16-17H2,1-10H3/t20-/m1/s1. The molecule has 0 spiro atoms. The predicted molar refractivity (Wildman–Crippen MR) is 151 cm³/mol. The highest BCUT2D eigenvalue weighted by Gasteiger charge is 2.43. The van der Waals surface area contributed by atoms with E-state index in [1.54, 1.807) is 20.8 Å². The van der Waals surface area contributed by atoms with Crippen LogP contribution in [-0.2, 0) is 28.2 Å². The molecule has 1 aromatic rings. The van der Waals surface area contributed by atoms with Crippen molar-refractivity contribution in [2.45, 2.75) is 78.3 Å². The van der Waals surface area contributed by atoms with Crippen molar-refractivity contribution in [2.24, 2.45) is 5.92 Å². The number of benzene rings is 1. The zero-order chi connectivity index (χ0) is 30.0. The molecule has 1 atom stereocenters. The number of hydrogen-bond donors (Lipinski definition) is 0. The molecule has 1 saturated heterocycles. The van der Waals surface area contributed by atoms with E-state index in [-0.39, 0.29) is 42.7 Å². The van der Waals surface area contributed by atoms with Crippen LogP contribution in [0.25, 0.3) is 0 Å². The Bertz CT molecular complexity index is 1150. The van der Waals surface area contributed by atoms with Gasteiger partial charge in [-0.3, -0.25) is 14.0 Å². The molecular weight excluding hydrogens is 547 g/mol. The minimum absolute atomic E-state index is 0.0243. The average Bonchev–Trinajstić information content (AvgIpc) is 3.14. The van der Waals surface area contributed by atoms with Gasteiger partial charge < -0.3 is 13.9 Å².